The van der Waals surface area contributed by atoms with Gasteiger partial charge < -0.3 is 0 Å². The quantitative estimate of drug-likeness (QED) is 0.575. The smallest absolute Gasteiger partial charge is 0.173 e. The summed E-state index contributed by atoms with van der Waals surface area (Å²) in [6.07, 6.45) is -1.40. The van der Waals surface area contributed by atoms with Crippen molar-refractivity contribution in [2.24, 2.45) is 0 Å². The van der Waals surface area contributed by atoms with Crippen LogP contribution in [0.15, 0.2) is 24.3 Å². The number of Topliss-reactive ketones (excluding diaryl/α,β-unsaturated/α-hetero) is 1. The summed E-state index contributed by atoms with van der Waals surface area (Å²) < 4.78 is 15.0. The van der Waals surface area contributed by atoms with Crippen LogP contribution in [0.4, 0.5) is 0 Å². The molecule has 1 aromatic carbocycles. The van der Waals surface area contributed by atoms with Crippen molar-refractivity contribution in [2.45, 2.75) is 13.3 Å². The van der Waals surface area contributed by atoms with Crippen LogP contribution in [0, 0.1) is 0 Å². The zero-order valence-corrected chi connectivity index (χ0v) is 8.39. The van der Waals surface area contributed by atoms with E-state index in [1.54, 1.807) is 24.3 Å². The summed E-state index contributed by atoms with van der Waals surface area (Å²) in [7, 11) is 0. The molecule has 0 saturated heterocycles. The Balaban J connectivity index is 3.08. The molecule has 0 fully saturated rings. The lowest BCUT2D eigenvalue weighted by Crippen LogP contribution is -1.99. The molecule has 1 nitrogen and oxygen atoms in total. The van der Waals surface area contributed by atoms with Crippen LogP contribution < -0.4 is 0 Å². The number of carbonyl (C=O) groups excluding carboxylic acids is 1. The number of alkyl halides is 1. The minimum atomic E-state index is -1.40. The van der Waals surface area contributed by atoms with Gasteiger partial charge in [0.05, 0.1) is 5.33 Å². The molecule has 0 N–H and O–H groups in total. The first-order valence-electron chi connectivity index (χ1n) is 4.65. The van der Waals surface area contributed by atoms with Crippen LogP contribution in [0.25, 0.3) is 0 Å². The molecule has 0 saturated carbocycles. The minimum absolute atomic E-state index is 0.0314. The van der Waals surface area contributed by atoms with Crippen molar-refractivity contribution in [3.63, 3.8) is 0 Å². The Labute approximate surface area is 83.7 Å². The minimum Gasteiger partial charge on any atom is -0.293 e. The summed E-state index contributed by atoms with van der Waals surface area (Å²) >= 11 is 3.08. The van der Waals surface area contributed by atoms with Gasteiger partial charge >= 0.3 is 0 Å². The second kappa shape index (κ2) is 4.41. The van der Waals surface area contributed by atoms with E-state index in [9.17, 15) is 4.79 Å². The largest absolute Gasteiger partial charge is 0.293 e. The van der Waals surface area contributed by atoms with Crippen LogP contribution >= 0.6 is 15.9 Å². The molecule has 64 valence electrons. The van der Waals surface area contributed by atoms with Gasteiger partial charge in [0.1, 0.15) is 0 Å². The topological polar surface area (TPSA) is 17.1 Å². The molecule has 1 aromatic rings. The van der Waals surface area contributed by atoms with E-state index in [0.29, 0.717) is 11.1 Å². The second-order valence-electron chi connectivity index (χ2n) is 2.39. The van der Waals surface area contributed by atoms with Gasteiger partial charge in [-0.05, 0) is 18.0 Å². The summed E-state index contributed by atoms with van der Waals surface area (Å²) in [4.78, 5) is 11.3. The number of halogens is 1. The molecule has 0 amide bonds. The number of aryl methyl sites for hydroxylation is 1. The fourth-order valence-electron chi connectivity index (χ4n) is 0.925. The van der Waals surface area contributed by atoms with Crippen LogP contribution in [-0.4, -0.2) is 11.1 Å². The molecule has 0 aliphatic heterocycles. The molecule has 0 aliphatic rings. The summed E-state index contributed by atoms with van der Waals surface area (Å²) in [5, 5.41) is 0.267. The van der Waals surface area contributed by atoms with Crippen molar-refractivity contribution < 1.29 is 7.54 Å². The molecule has 0 unspecified atom stereocenters. The van der Waals surface area contributed by atoms with Gasteiger partial charge in [0, 0.05) is 8.30 Å². The van der Waals surface area contributed by atoms with Crippen molar-refractivity contribution >= 4 is 21.7 Å². The summed E-state index contributed by atoms with van der Waals surface area (Å²) in [6.45, 7) is 1.48. The highest BCUT2D eigenvalue weighted by Crippen LogP contribution is 2.07. The van der Waals surface area contributed by atoms with Crippen LogP contribution in [0.3, 0.4) is 0 Å². The first-order valence-corrected chi connectivity index (χ1v) is 4.77. The van der Waals surface area contributed by atoms with E-state index in [2.05, 4.69) is 15.9 Å². The van der Waals surface area contributed by atoms with Gasteiger partial charge in [0.25, 0.3) is 0 Å². The molecule has 0 bridgehead atoms. The molecular formula is C10H11BrO. The Hall–Kier alpha value is -0.630. The van der Waals surface area contributed by atoms with Gasteiger partial charge in [-0.15, -0.1) is 0 Å². The van der Waals surface area contributed by atoms with E-state index in [4.69, 9.17) is 2.74 Å². The Morgan fingerprint density at radius 3 is 3.00 bits per heavy atom. The van der Waals surface area contributed by atoms with Crippen LogP contribution in [-0.2, 0) is 6.37 Å². The van der Waals surface area contributed by atoms with Gasteiger partial charge in [-0.25, -0.2) is 0 Å². The molecule has 0 atom stereocenters. The summed E-state index contributed by atoms with van der Waals surface area (Å²) in [5.41, 5.74) is 1.08. The van der Waals surface area contributed by atoms with Gasteiger partial charge in [-0.2, -0.15) is 0 Å². The molecule has 1 rings (SSSR count). The molecule has 12 heavy (non-hydrogen) atoms. The van der Waals surface area contributed by atoms with E-state index in [1.807, 2.05) is 0 Å². The van der Waals surface area contributed by atoms with Crippen LogP contribution in [0.1, 0.15) is 25.6 Å². The third-order valence-corrected chi connectivity index (χ3v) is 2.10. The lowest BCUT2D eigenvalue weighted by Gasteiger charge is -1.99. The molecule has 0 aromatic heterocycles. The molecule has 0 radical (unpaired) electrons. The Bertz CT molecular complexity index is 344. The number of hydrogen-bond acceptors (Lipinski definition) is 1. The Kier molecular flexibility index (Phi) is 2.51. The standard InChI is InChI=1S/C10H11BrO/c1-2-8-4-3-5-9(6-8)10(12)7-11/h3-6H,2,7H2,1H3/i2D2. The van der Waals surface area contributed by atoms with Crippen molar-refractivity contribution in [3.8, 4) is 0 Å². The number of ketones is 1. The number of rotatable bonds is 3. The van der Waals surface area contributed by atoms with Crippen molar-refractivity contribution in [1.82, 2.24) is 0 Å². The SMILES string of the molecule is [2H]C([2H])(C)c1cccc(C(=O)CBr)c1. The zero-order valence-electron chi connectivity index (χ0n) is 8.80. The zero-order chi connectivity index (χ0) is 10.8. The fourth-order valence-corrected chi connectivity index (χ4v) is 1.25. The summed E-state index contributed by atoms with van der Waals surface area (Å²) in [5.74, 6) is -0.0314. The fraction of sp³-hybridized carbons (Fsp3) is 0.300. The highest BCUT2D eigenvalue weighted by Gasteiger charge is 2.02. The predicted molar refractivity (Wildman–Crippen MR) is 53.9 cm³/mol. The first kappa shape index (κ1) is 6.84. The second-order valence-corrected chi connectivity index (χ2v) is 2.95. The number of carbonyl (C=O) groups is 1. The highest BCUT2D eigenvalue weighted by atomic mass is 79.9. The van der Waals surface area contributed by atoms with Gasteiger partial charge in [0.15, 0.2) is 5.78 Å². The Morgan fingerprint density at radius 1 is 1.67 bits per heavy atom. The Morgan fingerprint density at radius 2 is 2.42 bits per heavy atom. The molecule has 0 heterocycles. The third kappa shape index (κ3) is 2.18. The monoisotopic (exact) mass is 228 g/mol. The average molecular weight is 229 g/mol. The first-order chi connectivity index (χ1) is 6.45. The molecule has 0 aliphatic carbocycles. The van der Waals surface area contributed by atoms with E-state index in [0.717, 1.165) is 0 Å². The van der Waals surface area contributed by atoms with Crippen LogP contribution in [0.2, 0.25) is 0 Å². The third-order valence-electron chi connectivity index (χ3n) is 1.59. The predicted octanol–water partition coefficient (Wildman–Crippen LogP) is 2.83. The van der Waals surface area contributed by atoms with Crippen LogP contribution in [0.5, 0.6) is 0 Å². The van der Waals surface area contributed by atoms with Crippen molar-refractivity contribution in [1.29, 1.82) is 0 Å². The van der Waals surface area contributed by atoms with E-state index < -0.39 is 6.37 Å². The normalized spacial score (nSPS) is 13.5. The van der Waals surface area contributed by atoms with Crippen molar-refractivity contribution in [3.05, 3.63) is 35.4 Å². The lowest BCUT2D eigenvalue weighted by atomic mass is 10.1. The molecule has 2 heteroatoms. The maximum atomic E-state index is 11.3. The van der Waals surface area contributed by atoms with Gasteiger partial charge in [0.2, 0.25) is 0 Å². The molecular weight excluding hydrogens is 216 g/mol. The van der Waals surface area contributed by atoms with Crippen molar-refractivity contribution in [2.75, 3.05) is 5.33 Å². The number of benzene rings is 1. The van der Waals surface area contributed by atoms with E-state index in [-0.39, 0.29) is 11.1 Å². The average Bonchev–Trinajstić information content (AvgIpc) is 2.15. The van der Waals surface area contributed by atoms with Gasteiger partial charge in [-0.1, -0.05) is 41.1 Å². The molecule has 0 spiro atoms. The lowest BCUT2D eigenvalue weighted by molar-refractivity contribution is 0.102. The maximum Gasteiger partial charge on any atom is 0.173 e. The summed E-state index contributed by atoms with van der Waals surface area (Å²) in [6, 6.07) is 6.68. The van der Waals surface area contributed by atoms with E-state index >= 15 is 0 Å². The maximum absolute atomic E-state index is 11.3. The highest BCUT2D eigenvalue weighted by molar-refractivity contribution is 9.09. The number of hydrogen-bond donors (Lipinski definition) is 0. The van der Waals surface area contributed by atoms with E-state index in [1.165, 1.54) is 6.92 Å². The van der Waals surface area contributed by atoms with Gasteiger partial charge in [-0.3, -0.25) is 4.79 Å².